The van der Waals surface area contributed by atoms with E-state index in [4.69, 9.17) is 0 Å². The fraction of sp³-hybridized carbons (Fsp3) is 1.00. The summed E-state index contributed by atoms with van der Waals surface area (Å²) < 4.78 is 0. The molecular weight excluding hydrogens is 1150 g/mol. The first-order valence-corrected chi connectivity index (χ1v) is 44.3. The molecule has 0 bridgehead atoms. The van der Waals surface area contributed by atoms with Gasteiger partial charge in [0, 0.05) is 0 Å². The summed E-state index contributed by atoms with van der Waals surface area (Å²) in [5.74, 6) is 21.8. The molecule has 0 aliphatic heterocycles. The molecule has 0 spiro atoms. The fourth-order valence-corrected chi connectivity index (χ4v) is 20.2. The molecule has 12 saturated carbocycles. The lowest BCUT2D eigenvalue weighted by molar-refractivity contribution is 0.0302. The molecule has 15 atom stereocenters. The van der Waals surface area contributed by atoms with Crippen LogP contribution in [-0.4, -0.2) is 0 Å². The number of rotatable bonds is 3. The maximum atomic E-state index is 2.42. The molecule has 0 aromatic carbocycles. The largest absolute Gasteiger partial charge is 0.0651 e. The summed E-state index contributed by atoms with van der Waals surface area (Å²) in [6, 6.07) is 0. The van der Waals surface area contributed by atoms with Gasteiger partial charge in [0.05, 0.1) is 0 Å². The Balaban J connectivity index is 0.000000524. The average molecular weight is 1350 g/mol. The monoisotopic (exact) mass is 1350 g/mol. The highest BCUT2D eigenvalue weighted by Crippen LogP contribution is 2.47. The zero-order valence-corrected chi connectivity index (χ0v) is 73.7. The second-order valence-electron chi connectivity index (χ2n) is 42.7. The van der Waals surface area contributed by atoms with Crippen molar-refractivity contribution >= 4 is 0 Å². The van der Waals surface area contributed by atoms with Crippen LogP contribution in [0.4, 0.5) is 0 Å². The van der Waals surface area contributed by atoms with E-state index in [-0.39, 0.29) is 0 Å². The topological polar surface area (TPSA) is 0 Å². The molecule has 96 heavy (non-hydrogen) atoms. The van der Waals surface area contributed by atoms with Crippen molar-refractivity contribution in [1.82, 2.24) is 0 Å². The molecule has 0 amide bonds. The van der Waals surface area contributed by atoms with Gasteiger partial charge in [-0.25, -0.2) is 0 Å². The highest BCUT2D eigenvalue weighted by atomic mass is 14.4. The van der Waals surface area contributed by atoms with E-state index >= 15 is 0 Å². The van der Waals surface area contributed by atoms with E-state index in [1.54, 1.807) is 0 Å². The number of hydrogen-bond donors (Lipinski definition) is 0. The van der Waals surface area contributed by atoms with Crippen molar-refractivity contribution in [3.05, 3.63) is 0 Å². The molecule has 0 radical (unpaired) electrons. The predicted molar refractivity (Wildman–Crippen MR) is 441 cm³/mol. The van der Waals surface area contributed by atoms with Gasteiger partial charge < -0.3 is 0 Å². The van der Waals surface area contributed by atoms with Crippen LogP contribution in [0.15, 0.2) is 0 Å². The third-order valence-corrected chi connectivity index (χ3v) is 32.0. The van der Waals surface area contributed by atoms with E-state index < -0.39 is 0 Å². The second kappa shape index (κ2) is 45.4. The van der Waals surface area contributed by atoms with E-state index in [0.29, 0.717) is 21.7 Å². The highest BCUT2D eigenvalue weighted by molar-refractivity contribution is 4.88. The lowest BCUT2D eigenvalue weighted by atomic mass is 9.60. The van der Waals surface area contributed by atoms with Crippen LogP contribution in [0.2, 0.25) is 0 Å². The standard InChI is InChI=1S/12C8H16/c2*1-6-4-7(2)8(3)5-6;2*1-7-4-5-8(2,3)6-7;2*1-7-5-4-6-8(7,2)3;2*1-6-4-5-7(2)8(6)3;1-5-6(2)8(4)7(5)3;2*1-3-8(2)6-4-5-7-8;1-3-8-6-4-5-7(8)2/h2*6-8H,4-5H2,1-3H3;4*7H,4-6H2,1-3H3;2*6-8H,4-5H2,1-3H3;5-8H,1-4H3;2*3-7H2,1-2H3;7-8H,3-6H2,1-2H3/t6?,7-,8?;;7-;;7-;;;;;;;/m0.0.0......./s1. The summed E-state index contributed by atoms with van der Waals surface area (Å²) in [5, 5.41) is 0. The molecule has 0 aromatic rings. The molecule has 12 aliphatic carbocycles. The molecule has 0 aromatic heterocycles. The quantitative estimate of drug-likeness (QED) is 0.264. The molecule has 12 fully saturated rings. The van der Waals surface area contributed by atoms with Crippen molar-refractivity contribution in [2.75, 3.05) is 0 Å². The van der Waals surface area contributed by atoms with Crippen molar-refractivity contribution in [3.63, 3.8) is 0 Å². The summed E-state index contributed by atoms with van der Waals surface area (Å²) in [5.41, 5.74) is 4.11. The zero-order valence-electron chi connectivity index (χ0n) is 73.7. The van der Waals surface area contributed by atoms with Gasteiger partial charge in [0.25, 0.3) is 0 Å². The molecule has 0 saturated heterocycles. The Bertz CT molecular complexity index is 1690. The van der Waals surface area contributed by atoms with Gasteiger partial charge in [-0.05, 0) is 253 Å². The minimum Gasteiger partial charge on any atom is -0.0651 e. The Morgan fingerprint density at radius 1 is 0.240 bits per heavy atom. The van der Waals surface area contributed by atoms with E-state index in [1.165, 1.54) is 218 Å². The van der Waals surface area contributed by atoms with Crippen LogP contribution in [0, 0.1) is 163 Å². The molecule has 576 valence electrons. The van der Waals surface area contributed by atoms with E-state index in [9.17, 15) is 0 Å². The highest BCUT2D eigenvalue weighted by Gasteiger charge is 2.39. The van der Waals surface area contributed by atoms with Crippen LogP contribution in [0.25, 0.3) is 0 Å². The Kier molecular flexibility index (Phi) is 44.4. The number of hydrogen-bond acceptors (Lipinski definition) is 0. The normalized spacial score (nSPS) is 39.9. The summed E-state index contributed by atoms with van der Waals surface area (Å²) in [4.78, 5) is 0. The zero-order chi connectivity index (χ0) is 73.7. The van der Waals surface area contributed by atoms with Crippen molar-refractivity contribution in [2.24, 2.45) is 163 Å². The first-order chi connectivity index (χ1) is 44.3. The van der Waals surface area contributed by atoms with Gasteiger partial charge in [0.1, 0.15) is 0 Å². The van der Waals surface area contributed by atoms with Crippen LogP contribution in [0.3, 0.4) is 0 Å². The molecule has 12 aliphatic rings. The first kappa shape index (κ1) is 94.0. The summed E-state index contributed by atoms with van der Waals surface area (Å²) >= 11 is 0. The minimum absolute atomic E-state index is 0.653. The van der Waals surface area contributed by atoms with Gasteiger partial charge in [-0.15, -0.1) is 0 Å². The van der Waals surface area contributed by atoms with E-state index in [0.717, 1.165) is 141 Å². The van der Waals surface area contributed by atoms with E-state index in [1.807, 2.05) is 0 Å². The Morgan fingerprint density at radius 3 is 0.615 bits per heavy atom. The molecule has 0 nitrogen and oxygen atoms in total. The average Bonchev–Trinajstić information content (AvgIpc) is 1.84. The van der Waals surface area contributed by atoms with Crippen molar-refractivity contribution in [2.45, 2.75) is 454 Å². The molecule has 0 heterocycles. The third-order valence-electron chi connectivity index (χ3n) is 32.0. The molecule has 0 N–H and O–H groups in total. The Labute approximate surface area is 612 Å². The van der Waals surface area contributed by atoms with E-state index in [2.05, 4.69) is 235 Å². The smallest absolute Gasteiger partial charge is 0.0328 e. The third kappa shape index (κ3) is 36.1. The first-order valence-electron chi connectivity index (χ1n) is 44.3. The second-order valence-corrected chi connectivity index (χ2v) is 42.7. The van der Waals surface area contributed by atoms with Crippen molar-refractivity contribution < 1.29 is 0 Å². The molecule has 12 rings (SSSR count). The lowest BCUT2D eigenvalue weighted by Gasteiger charge is -2.45. The maximum absolute atomic E-state index is 2.42. The molecule has 12 unspecified atom stereocenters. The maximum Gasteiger partial charge on any atom is -0.0328 e. The van der Waals surface area contributed by atoms with Gasteiger partial charge in [-0.2, -0.15) is 0 Å². The predicted octanol–water partition coefficient (Wildman–Crippen LogP) is 33.4. The fourth-order valence-electron chi connectivity index (χ4n) is 20.2. The van der Waals surface area contributed by atoms with Crippen LogP contribution in [0.5, 0.6) is 0 Å². The van der Waals surface area contributed by atoms with Gasteiger partial charge in [-0.3, -0.25) is 0 Å². The van der Waals surface area contributed by atoms with Gasteiger partial charge in [-0.1, -0.05) is 364 Å². The van der Waals surface area contributed by atoms with Gasteiger partial charge in [0.15, 0.2) is 0 Å². The van der Waals surface area contributed by atoms with Crippen molar-refractivity contribution in [3.8, 4) is 0 Å². The van der Waals surface area contributed by atoms with Crippen LogP contribution < -0.4 is 0 Å². The minimum atomic E-state index is 0.653. The van der Waals surface area contributed by atoms with Crippen LogP contribution in [-0.2, 0) is 0 Å². The van der Waals surface area contributed by atoms with Crippen LogP contribution >= 0.6 is 0 Å². The lowest BCUT2D eigenvalue weighted by Crippen LogP contribution is -2.39. The Hall–Kier alpha value is 0. The van der Waals surface area contributed by atoms with Crippen molar-refractivity contribution in [1.29, 1.82) is 0 Å². The van der Waals surface area contributed by atoms with Gasteiger partial charge >= 0.3 is 0 Å². The SMILES string of the molecule is CC1C(C)C(C)C1C.CC1CC(C)C(C)C1.CC1CC(C)[C@@H](C)C1.CC1CCC(C)(C)C1.CC1CCC(C)C1C.CC1CCC(C)C1C.CC1CCCC1(C)C.CCC1(C)CCCC1.CCC1(C)CCCC1.CCC1CCCC1C.C[C@H]1CCC(C)(C)C1.C[C@H]1CCCC1(C)C. The summed E-state index contributed by atoms with van der Waals surface area (Å²) in [7, 11) is 0. The summed E-state index contributed by atoms with van der Waals surface area (Å²) in [6.45, 7) is 80.5. The van der Waals surface area contributed by atoms with Crippen LogP contribution in [0.1, 0.15) is 454 Å². The van der Waals surface area contributed by atoms with Gasteiger partial charge in [0.2, 0.25) is 0 Å². The molecule has 0 heteroatoms. The Morgan fingerprint density at radius 2 is 0.521 bits per heavy atom. The molecular formula is C96H192. The summed E-state index contributed by atoms with van der Waals surface area (Å²) in [6.07, 6.45) is 49.5.